The van der Waals surface area contributed by atoms with E-state index in [1.807, 2.05) is 6.92 Å². The smallest absolute Gasteiger partial charge is 0.320 e. The Balaban J connectivity index is 3.70. The molecule has 0 fully saturated rings. The molecule has 0 rings (SSSR count). The summed E-state index contributed by atoms with van der Waals surface area (Å²) in [5.74, 6) is -0.888. The van der Waals surface area contributed by atoms with Gasteiger partial charge in [-0.05, 0) is 25.7 Å². The van der Waals surface area contributed by atoms with Gasteiger partial charge >= 0.3 is 5.97 Å². The highest BCUT2D eigenvalue weighted by Gasteiger charge is 2.11. The maximum atomic E-state index is 11.2. The van der Waals surface area contributed by atoms with Crippen molar-refractivity contribution >= 4 is 11.9 Å². The van der Waals surface area contributed by atoms with E-state index in [1.54, 1.807) is 11.8 Å². The number of aliphatic carboxylic acids is 1. The molecule has 0 aliphatic rings. The molecule has 0 aromatic heterocycles. The van der Waals surface area contributed by atoms with Crippen LogP contribution in [0.4, 0.5) is 0 Å². The minimum atomic E-state index is -0.961. The molecule has 1 atom stereocenters. The summed E-state index contributed by atoms with van der Waals surface area (Å²) >= 11 is 0. The van der Waals surface area contributed by atoms with Crippen LogP contribution in [-0.2, 0) is 9.59 Å². The number of rotatable bonds is 8. The van der Waals surface area contributed by atoms with Crippen LogP contribution in [0, 0.1) is 0 Å². The van der Waals surface area contributed by atoms with Crippen molar-refractivity contribution in [2.45, 2.75) is 45.6 Å². The van der Waals surface area contributed by atoms with Gasteiger partial charge in [0, 0.05) is 20.0 Å². The summed E-state index contributed by atoms with van der Waals surface area (Å²) in [6.45, 7) is 5.03. The van der Waals surface area contributed by atoms with E-state index in [1.165, 1.54) is 0 Å². The van der Waals surface area contributed by atoms with E-state index >= 15 is 0 Å². The van der Waals surface area contributed by atoms with Gasteiger partial charge in [-0.25, -0.2) is 0 Å². The third-order valence-electron chi connectivity index (χ3n) is 2.45. The van der Waals surface area contributed by atoms with Crippen molar-refractivity contribution in [1.29, 1.82) is 0 Å². The molecular weight excluding hydrogens is 208 g/mol. The van der Waals surface area contributed by atoms with Gasteiger partial charge in [-0.2, -0.15) is 0 Å². The normalized spacial score (nSPS) is 12.2. The van der Waals surface area contributed by atoms with Crippen LogP contribution in [0.3, 0.4) is 0 Å². The number of hydrogen-bond donors (Lipinski definition) is 2. The highest BCUT2D eigenvalue weighted by atomic mass is 16.4. The summed E-state index contributed by atoms with van der Waals surface area (Å²) in [7, 11) is 0. The molecule has 0 saturated heterocycles. The average molecular weight is 230 g/mol. The lowest BCUT2D eigenvalue weighted by Gasteiger charge is -2.20. The van der Waals surface area contributed by atoms with Crippen molar-refractivity contribution in [3.05, 3.63) is 0 Å². The predicted molar refractivity (Wildman–Crippen MR) is 62.0 cm³/mol. The molecule has 0 spiro atoms. The van der Waals surface area contributed by atoms with Crippen LogP contribution in [-0.4, -0.2) is 41.0 Å². The van der Waals surface area contributed by atoms with Crippen LogP contribution < -0.4 is 5.73 Å². The maximum Gasteiger partial charge on any atom is 0.320 e. The summed E-state index contributed by atoms with van der Waals surface area (Å²) in [5, 5.41) is 8.57. The summed E-state index contributed by atoms with van der Waals surface area (Å²) in [6.07, 6.45) is 2.95. The van der Waals surface area contributed by atoms with E-state index in [0.29, 0.717) is 13.0 Å². The molecule has 0 aliphatic carbocycles. The molecule has 0 heterocycles. The van der Waals surface area contributed by atoms with Gasteiger partial charge in [0.2, 0.25) is 5.91 Å². The van der Waals surface area contributed by atoms with Crippen LogP contribution in [0.5, 0.6) is 0 Å². The second-order valence-corrected chi connectivity index (χ2v) is 3.95. The highest BCUT2D eigenvalue weighted by molar-refractivity contribution is 5.73. The van der Waals surface area contributed by atoms with E-state index in [2.05, 4.69) is 0 Å². The third-order valence-corrected chi connectivity index (χ3v) is 2.45. The number of carbonyl (C=O) groups excluding carboxylic acids is 1. The van der Waals surface area contributed by atoms with Gasteiger partial charge in [-0.15, -0.1) is 0 Å². The van der Waals surface area contributed by atoms with E-state index < -0.39 is 12.0 Å². The zero-order valence-corrected chi connectivity index (χ0v) is 10.1. The largest absolute Gasteiger partial charge is 0.480 e. The fourth-order valence-corrected chi connectivity index (χ4v) is 1.49. The number of carboxylic acid groups (broad SMARTS) is 1. The summed E-state index contributed by atoms with van der Waals surface area (Å²) < 4.78 is 0. The summed E-state index contributed by atoms with van der Waals surface area (Å²) in [6, 6.07) is -0.781. The topological polar surface area (TPSA) is 83.6 Å². The van der Waals surface area contributed by atoms with Gasteiger partial charge < -0.3 is 15.7 Å². The van der Waals surface area contributed by atoms with Gasteiger partial charge in [-0.3, -0.25) is 9.59 Å². The van der Waals surface area contributed by atoms with Crippen LogP contribution in [0.2, 0.25) is 0 Å². The first-order valence-electron chi connectivity index (χ1n) is 5.73. The minimum Gasteiger partial charge on any atom is -0.480 e. The van der Waals surface area contributed by atoms with Crippen molar-refractivity contribution in [3.63, 3.8) is 0 Å². The molecule has 16 heavy (non-hydrogen) atoms. The van der Waals surface area contributed by atoms with Crippen LogP contribution in [0.1, 0.15) is 39.5 Å². The van der Waals surface area contributed by atoms with Crippen LogP contribution in [0.25, 0.3) is 0 Å². The quantitative estimate of drug-likeness (QED) is 0.605. The number of nitrogens with zero attached hydrogens (tertiary/aromatic N) is 1. The average Bonchev–Trinajstić information content (AvgIpc) is 2.21. The zero-order valence-electron chi connectivity index (χ0n) is 10.1. The molecule has 0 aromatic carbocycles. The Bertz CT molecular complexity index is 231. The first-order valence-corrected chi connectivity index (χ1v) is 5.73. The Morgan fingerprint density at radius 1 is 1.31 bits per heavy atom. The van der Waals surface area contributed by atoms with Gasteiger partial charge in [0.05, 0.1) is 0 Å². The molecule has 0 saturated carbocycles. The van der Waals surface area contributed by atoms with Gasteiger partial charge in [0.15, 0.2) is 0 Å². The SMILES string of the molecule is CCCN(CCCC[C@H](N)C(=O)O)C(C)=O. The van der Waals surface area contributed by atoms with Crippen molar-refractivity contribution in [2.24, 2.45) is 5.73 Å². The highest BCUT2D eigenvalue weighted by Crippen LogP contribution is 2.02. The molecule has 0 unspecified atom stereocenters. The van der Waals surface area contributed by atoms with E-state index in [9.17, 15) is 9.59 Å². The first-order chi connectivity index (χ1) is 7.49. The number of carbonyl (C=O) groups is 2. The Morgan fingerprint density at radius 3 is 2.38 bits per heavy atom. The molecule has 1 amide bonds. The number of unbranched alkanes of at least 4 members (excludes halogenated alkanes) is 1. The monoisotopic (exact) mass is 230 g/mol. The first kappa shape index (κ1) is 14.9. The van der Waals surface area contributed by atoms with Crippen LogP contribution in [0.15, 0.2) is 0 Å². The second kappa shape index (κ2) is 8.10. The Hall–Kier alpha value is -1.10. The predicted octanol–water partition coefficient (Wildman–Crippen LogP) is 0.827. The van der Waals surface area contributed by atoms with E-state index in [-0.39, 0.29) is 5.91 Å². The molecule has 0 aromatic rings. The van der Waals surface area contributed by atoms with E-state index in [0.717, 1.165) is 25.8 Å². The van der Waals surface area contributed by atoms with Crippen molar-refractivity contribution < 1.29 is 14.7 Å². The Labute approximate surface area is 96.6 Å². The fraction of sp³-hybridized carbons (Fsp3) is 0.818. The number of amides is 1. The van der Waals surface area contributed by atoms with E-state index in [4.69, 9.17) is 10.8 Å². The molecule has 0 bridgehead atoms. The van der Waals surface area contributed by atoms with Gasteiger partial charge in [-0.1, -0.05) is 6.92 Å². The molecule has 0 radical (unpaired) electrons. The number of carboxylic acids is 1. The fourth-order valence-electron chi connectivity index (χ4n) is 1.49. The molecule has 5 heteroatoms. The molecular formula is C11H22N2O3. The lowest BCUT2D eigenvalue weighted by atomic mass is 10.1. The number of nitrogens with two attached hydrogens (primary N) is 1. The molecule has 3 N–H and O–H groups in total. The standard InChI is InChI=1S/C11H22N2O3/c1-3-7-13(9(2)14)8-5-4-6-10(12)11(15)16/h10H,3-8,12H2,1-2H3,(H,15,16)/t10-/m0/s1. The van der Waals surface area contributed by atoms with Crippen molar-refractivity contribution in [3.8, 4) is 0 Å². The van der Waals surface area contributed by atoms with Gasteiger partial charge in [0.1, 0.15) is 6.04 Å². The van der Waals surface area contributed by atoms with Crippen molar-refractivity contribution in [1.82, 2.24) is 4.90 Å². The summed E-state index contributed by atoms with van der Waals surface area (Å²) in [4.78, 5) is 23.4. The number of hydrogen-bond acceptors (Lipinski definition) is 3. The lowest BCUT2D eigenvalue weighted by molar-refractivity contribution is -0.138. The summed E-state index contributed by atoms with van der Waals surface area (Å²) in [5.41, 5.74) is 5.37. The second-order valence-electron chi connectivity index (χ2n) is 3.95. The Morgan fingerprint density at radius 2 is 1.94 bits per heavy atom. The Kier molecular flexibility index (Phi) is 7.54. The maximum absolute atomic E-state index is 11.2. The zero-order chi connectivity index (χ0) is 12.6. The lowest BCUT2D eigenvalue weighted by Crippen LogP contribution is -2.32. The molecule has 5 nitrogen and oxygen atoms in total. The van der Waals surface area contributed by atoms with Crippen molar-refractivity contribution in [2.75, 3.05) is 13.1 Å². The van der Waals surface area contributed by atoms with Crippen LogP contribution >= 0.6 is 0 Å². The molecule has 94 valence electrons. The minimum absolute atomic E-state index is 0.0735. The van der Waals surface area contributed by atoms with Gasteiger partial charge in [0.25, 0.3) is 0 Å². The molecule has 0 aliphatic heterocycles. The third kappa shape index (κ3) is 6.40.